The van der Waals surface area contributed by atoms with Crippen molar-refractivity contribution in [2.24, 2.45) is 0 Å². The van der Waals surface area contributed by atoms with Crippen molar-refractivity contribution in [1.29, 1.82) is 5.26 Å². The third-order valence-corrected chi connectivity index (χ3v) is 1.51. The predicted molar refractivity (Wildman–Crippen MR) is 42.2 cm³/mol. The molecule has 0 bridgehead atoms. The van der Waals surface area contributed by atoms with Gasteiger partial charge in [0.1, 0.15) is 11.6 Å². The van der Waals surface area contributed by atoms with Crippen LogP contribution in [0, 0.1) is 21.4 Å². The van der Waals surface area contributed by atoms with Crippen molar-refractivity contribution in [1.82, 2.24) is 4.98 Å². The van der Waals surface area contributed by atoms with Crippen molar-refractivity contribution < 1.29 is 18.8 Å². The highest BCUT2D eigenvalue weighted by Gasteiger charge is 2.26. The predicted octanol–water partition coefficient (Wildman–Crippen LogP) is 1.50. The maximum atomic E-state index is 12.2. The van der Waals surface area contributed by atoms with Gasteiger partial charge in [-0.2, -0.15) is 5.26 Å². The molecule has 1 aromatic heterocycles. The van der Waals surface area contributed by atoms with E-state index in [1.54, 1.807) is 0 Å². The lowest BCUT2D eigenvalue weighted by Gasteiger charge is -1.99. The Morgan fingerprint density at radius 1 is 1.67 bits per heavy atom. The Morgan fingerprint density at radius 3 is 2.67 bits per heavy atom. The van der Waals surface area contributed by atoms with Crippen LogP contribution < -0.4 is 0 Å². The molecule has 0 aromatic carbocycles. The van der Waals surface area contributed by atoms with Crippen LogP contribution in [0.25, 0.3) is 0 Å². The number of aromatic nitrogens is 1. The van der Waals surface area contributed by atoms with E-state index in [1.807, 2.05) is 0 Å². The van der Waals surface area contributed by atoms with E-state index in [9.17, 15) is 18.9 Å². The topological polar surface area (TPSA) is 100 Å². The van der Waals surface area contributed by atoms with Gasteiger partial charge in [0.05, 0.1) is 0 Å². The first kappa shape index (κ1) is 10.8. The fourth-order valence-electron chi connectivity index (χ4n) is 0.869. The molecule has 1 rings (SSSR count). The third kappa shape index (κ3) is 1.96. The number of hydrogen-bond donors (Lipinski definition) is 1. The van der Waals surface area contributed by atoms with Crippen LogP contribution in [0.1, 0.15) is 17.7 Å². The summed E-state index contributed by atoms with van der Waals surface area (Å²) >= 11 is 0. The van der Waals surface area contributed by atoms with Crippen molar-refractivity contribution in [3.05, 3.63) is 27.4 Å². The molecular formula is C7H3F2N3O3. The summed E-state index contributed by atoms with van der Waals surface area (Å²) in [5.41, 5.74) is -1.52. The molecule has 0 spiro atoms. The Kier molecular flexibility index (Phi) is 2.75. The van der Waals surface area contributed by atoms with E-state index in [0.717, 1.165) is 0 Å². The molecule has 78 valence electrons. The smallest absolute Gasteiger partial charge is 0.407 e. The number of nitro groups is 1. The van der Waals surface area contributed by atoms with Gasteiger partial charge in [-0.3, -0.25) is 0 Å². The molecule has 0 saturated carbocycles. The Balaban J connectivity index is 3.47. The highest BCUT2D eigenvalue weighted by atomic mass is 19.3. The molecule has 15 heavy (non-hydrogen) atoms. The molecule has 0 fully saturated rings. The Hall–Kier alpha value is -2.30. The number of halogens is 2. The summed E-state index contributed by atoms with van der Waals surface area (Å²) in [5, 5.41) is 27.8. The summed E-state index contributed by atoms with van der Waals surface area (Å²) in [4.78, 5) is 12.1. The van der Waals surface area contributed by atoms with E-state index < -0.39 is 34.2 Å². The highest BCUT2D eigenvalue weighted by Crippen LogP contribution is 2.30. The van der Waals surface area contributed by atoms with E-state index in [2.05, 4.69) is 4.98 Å². The summed E-state index contributed by atoms with van der Waals surface area (Å²) in [6.45, 7) is 0. The van der Waals surface area contributed by atoms with Crippen LogP contribution in [0.5, 0.6) is 5.75 Å². The van der Waals surface area contributed by atoms with Crippen LogP contribution in [0.3, 0.4) is 0 Å². The molecular weight excluding hydrogens is 212 g/mol. The first-order valence-electron chi connectivity index (χ1n) is 3.54. The van der Waals surface area contributed by atoms with E-state index in [-0.39, 0.29) is 0 Å². The van der Waals surface area contributed by atoms with Gasteiger partial charge >= 0.3 is 12.2 Å². The lowest BCUT2D eigenvalue weighted by Crippen LogP contribution is -1.99. The standard InChI is InChI=1S/C7H3F2N3O3/c8-6(9)4-1-3(2-10)5(13)7(11-4)12(14)15/h1,6,13H. The second-order valence-corrected chi connectivity index (χ2v) is 2.44. The van der Waals surface area contributed by atoms with Gasteiger partial charge in [-0.15, -0.1) is 0 Å². The molecule has 0 radical (unpaired) electrons. The summed E-state index contributed by atoms with van der Waals surface area (Å²) in [6, 6.07) is 1.96. The van der Waals surface area contributed by atoms with Gasteiger partial charge in [-0.1, -0.05) is 0 Å². The number of aromatic hydroxyl groups is 1. The maximum absolute atomic E-state index is 12.2. The number of nitrogens with zero attached hydrogens (tertiary/aromatic N) is 3. The van der Waals surface area contributed by atoms with Crippen LogP contribution in [-0.2, 0) is 0 Å². The van der Waals surface area contributed by atoms with Crippen molar-refractivity contribution >= 4 is 5.82 Å². The summed E-state index contributed by atoms with van der Waals surface area (Å²) in [5.74, 6) is -2.16. The van der Waals surface area contributed by atoms with Gasteiger partial charge in [0, 0.05) is 6.07 Å². The SMILES string of the molecule is N#Cc1cc(C(F)F)nc([N+](=O)[O-])c1O. The van der Waals surface area contributed by atoms with Gasteiger partial charge in [0.2, 0.25) is 11.4 Å². The zero-order chi connectivity index (χ0) is 11.6. The molecule has 8 heteroatoms. The number of rotatable bonds is 2. The van der Waals surface area contributed by atoms with Crippen molar-refractivity contribution in [2.75, 3.05) is 0 Å². The average Bonchev–Trinajstić information content (AvgIpc) is 2.17. The fourth-order valence-corrected chi connectivity index (χ4v) is 0.869. The van der Waals surface area contributed by atoms with Crippen LogP contribution in [-0.4, -0.2) is 15.0 Å². The maximum Gasteiger partial charge on any atom is 0.407 e. The largest absolute Gasteiger partial charge is 0.500 e. The van der Waals surface area contributed by atoms with Crippen molar-refractivity contribution in [3.63, 3.8) is 0 Å². The summed E-state index contributed by atoms with van der Waals surface area (Å²) in [6.07, 6.45) is -3.05. The molecule has 6 nitrogen and oxygen atoms in total. The normalized spacial score (nSPS) is 10.0. The molecule has 0 atom stereocenters. The molecule has 0 aliphatic heterocycles. The lowest BCUT2D eigenvalue weighted by atomic mass is 10.2. The number of pyridine rings is 1. The Morgan fingerprint density at radius 2 is 2.27 bits per heavy atom. The number of hydrogen-bond acceptors (Lipinski definition) is 5. The first-order valence-corrected chi connectivity index (χ1v) is 3.54. The second-order valence-electron chi connectivity index (χ2n) is 2.44. The van der Waals surface area contributed by atoms with Gasteiger partial charge in [0.25, 0.3) is 0 Å². The minimum atomic E-state index is -3.05. The van der Waals surface area contributed by atoms with Gasteiger partial charge in [0.15, 0.2) is 0 Å². The van der Waals surface area contributed by atoms with Crippen molar-refractivity contribution in [3.8, 4) is 11.8 Å². The van der Waals surface area contributed by atoms with Crippen LogP contribution in [0.2, 0.25) is 0 Å². The molecule has 0 unspecified atom stereocenters. The molecule has 1 heterocycles. The number of nitriles is 1. The van der Waals surface area contributed by atoms with Gasteiger partial charge < -0.3 is 15.2 Å². The quantitative estimate of drug-likeness (QED) is 0.595. The van der Waals surface area contributed by atoms with E-state index in [0.29, 0.717) is 6.07 Å². The fraction of sp³-hybridized carbons (Fsp3) is 0.143. The number of alkyl halides is 2. The molecule has 0 aliphatic rings. The Bertz CT molecular complexity index is 456. The molecule has 1 N–H and O–H groups in total. The van der Waals surface area contributed by atoms with E-state index in [4.69, 9.17) is 10.4 Å². The second kappa shape index (κ2) is 3.83. The Labute approximate surface area is 81.6 Å². The van der Waals surface area contributed by atoms with E-state index in [1.165, 1.54) is 6.07 Å². The monoisotopic (exact) mass is 215 g/mol. The van der Waals surface area contributed by atoms with Gasteiger partial charge in [-0.05, 0) is 9.91 Å². The molecule has 0 saturated heterocycles. The molecule has 0 amide bonds. The van der Waals surface area contributed by atoms with E-state index >= 15 is 0 Å². The lowest BCUT2D eigenvalue weighted by molar-refractivity contribution is -0.390. The highest BCUT2D eigenvalue weighted by molar-refractivity contribution is 5.52. The summed E-state index contributed by atoms with van der Waals surface area (Å²) in [7, 11) is 0. The van der Waals surface area contributed by atoms with Gasteiger partial charge in [-0.25, -0.2) is 8.78 Å². The van der Waals surface area contributed by atoms with Crippen LogP contribution in [0.15, 0.2) is 6.07 Å². The first-order chi connectivity index (χ1) is 6.97. The van der Waals surface area contributed by atoms with Crippen LogP contribution >= 0.6 is 0 Å². The zero-order valence-electron chi connectivity index (χ0n) is 7.02. The minimum Gasteiger partial charge on any atom is -0.500 e. The third-order valence-electron chi connectivity index (χ3n) is 1.51. The zero-order valence-corrected chi connectivity index (χ0v) is 7.02. The van der Waals surface area contributed by atoms with Crippen molar-refractivity contribution in [2.45, 2.75) is 6.43 Å². The average molecular weight is 215 g/mol. The molecule has 1 aromatic rings. The van der Waals surface area contributed by atoms with Crippen LogP contribution in [0.4, 0.5) is 14.6 Å². The molecule has 0 aliphatic carbocycles. The summed E-state index contributed by atoms with van der Waals surface area (Å²) < 4.78 is 24.4. The minimum absolute atomic E-state index is 0.604.